The van der Waals surface area contributed by atoms with Crippen molar-refractivity contribution in [1.82, 2.24) is 13.9 Å². The summed E-state index contributed by atoms with van der Waals surface area (Å²) >= 11 is 0.907. The minimum Gasteiger partial charge on any atom is -0.376 e. The molecule has 1 atom stereocenters. The monoisotopic (exact) mass is 531 g/mol. The van der Waals surface area contributed by atoms with E-state index in [0.29, 0.717) is 42.4 Å². The number of imidazole rings is 1. The fraction of sp³-hybridized carbons (Fsp3) is 0.435. The molecular weight excluding hydrogens is 506 g/mol. The number of thioether (sulfide) groups is 1. The highest BCUT2D eigenvalue weighted by molar-refractivity contribution is 7.98. The van der Waals surface area contributed by atoms with Crippen LogP contribution >= 0.6 is 11.8 Å². The van der Waals surface area contributed by atoms with Crippen LogP contribution < -0.4 is 0 Å². The van der Waals surface area contributed by atoms with Crippen LogP contribution in [-0.2, 0) is 27.1 Å². The number of rotatable bonds is 9. The molecule has 4 rings (SSSR count). The Bertz CT molecular complexity index is 1310. The van der Waals surface area contributed by atoms with Crippen molar-refractivity contribution >= 4 is 32.8 Å². The molecule has 1 aliphatic rings. The lowest BCUT2D eigenvalue weighted by Crippen LogP contribution is -2.30. The van der Waals surface area contributed by atoms with Gasteiger partial charge in [-0.15, -0.1) is 0 Å². The molecule has 0 N–H and O–H groups in total. The number of nitrogens with zero attached hydrogens (tertiary/aromatic N) is 3. The van der Waals surface area contributed by atoms with Crippen LogP contribution in [0.25, 0.3) is 11.0 Å². The van der Waals surface area contributed by atoms with Crippen molar-refractivity contribution in [3.8, 4) is 0 Å². The number of fused-ring (bicyclic) bond motifs is 1. The zero-order valence-corrected chi connectivity index (χ0v) is 20.9. The summed E-state index contributed by atoms with van der Waals surface area (Å²) in [6.07, 6.45) is 1.60. The van der Waals surface area contributed by atoms with Crippen molar-refractivity contribution in [2.24, 2.45) is 0 Å². The third-order valence-corrected chi connectivity index (χ3v) is 9.04. The molecule has 2 heterocycles. The first-order valence-corrected chi connectivity index (χ1v) is 13.7. The second-order valence-electron chi connectivity index (χ2n) is 8.12. The molecule has 0 aliphatic carbocycles. The molecule has 1 aromatic heterocycles. The van der Waals surface area contributed by atoms with Crippen molar-refractivity contribution in [1.29, 1.82) is 0 Å². The summed E-state index contributed by atoms with van der Waals surface area (Å²) in [5.74, 6) is -6.26. The Kier molecular flexibility index (Phi) is 7.74. The van der Waals surface area contributed by atoms with E-state index in [2.05, 4.69) is 4.98 Å². The van der Waals surface area contributed by atoms with E-state index in [1.165, 1.54) is 16.4 Å². The van der Waals surface area contributed by atoms with E-state index < -0.39 is 44.6 Å². The first kappa shape index (κ1) is 25.9. The second kappa shape index (κ2) is 10.5. The van der Waals surface area contributed by atoms with Crippen molar-refractivity contribution < 1.29 is 30.7 Å². The minimum absolute atomic E-state index is 0.0799. The van der Waals surface area contributed by atoms with Gasteiger partial charge in [-0.2, -0.15) is 4.31 Å². The lowest BCUT2D eigenvalue weighted by molar-refractivity contribution is 0.0960. The third kappa shape index (κ3) is 5.07. The number of hydrogen-bond acceptors (Lipinski definition) is 5. The van der Waals surface area contributed by atoms with Crippen molar-refractivity contribution in [2.45, 2.75) is 55.1 Å². The first-order valence-electron chi connectivity index (χ1n) is 11.2. The van der Waals surface area contributed by atoms with E-state index in [-0.39, 0.29) is 17.1 Å². The van der Waals surface area contributed by atoms with Crippen LogP contribution in [0.15, 0.2) is 34.3 Å². The number of halogens is 4. The molecular formula is C23H25F4N3O3S2. The summed E-state index contributed by atoms with van der Waals surface area (Å²) in [4.78, 5) is 4.59. The Morgan fingerprint density at radius 1 is 1.11 bits per heavy atom. The van der Waals surface area contributed by atoms with Gasteiger partial charge in [0.25, 0.3) is 0 Å². The number of sulfonamides is 1. The van der Waals surface area contributed by atoms with E-state index >= 15 is 0 Å². The molecule has 1 fully saturated rings. The van der Waals surface area contributed by atoms with Gasteiger partial charge in [-0.05, 0) is 31.0 Å². The molecule has 190 valence electrons. The van der Waals surface area contributed by atoms with Crippen LogP contribution in [0.2, 0.25) is 0 Å². The average Bonchev–Trinajstić information content (AvgIpc) is 3.46. The minimum atomic E-state index is -3.72. The number of aromatic nitrogens is 2. The lowest BCUT2D eigenvalue weighted by atomic mass is 10.2. The maximum atomic E-state index is 14.2. The highest BCUT2D eigenvalue weighted by atomic mass is 32.2. The predicted octanol–water partition coefficient (Wildman–Crippen LogP) is 5.09. The second-order valence-corrected chi connectivity index (χ2v) is 11.0. The molecule has 0 spiro atoms. The zero-order chi connectivity index (χ0) is 25.3. The smallest absolute Gasteiger partial charge is 0.243 e. The number of benzene rings is 2. The van der Waals surface area contributed by atoms with Gasteiger partial charge >= 0.3 is 0 Å². The molecule has 12 heteroatoms. The highest BCUT2D eigenvalue weighted by Gasteiger charge is 2.26. The Labute approximate surface area is 205 Å². The summed E-state index contributed by atoms with van der Waals surface area (Å²) in [5.41, 5.74) is 0.269. The van der Waals surface area contributed by atoms with E-state index in [1.807, 2.05) is 0 Å². The molecule has 0 bridgehead atoms. The largest absolute Gasteiger partial charge is 0.376 e. The van der Waals surface area contributed by atoms with Crippen LogP contribution in [0.3, 0.4) is 0 Å². The van der Waals surface area contributed by atoms with E-state index in [9.17, 15) is 26.0 Å². The van der Waals surface area contributed by atoms with Crippen LogP contribution in [0, 0.1) is 23.3 Å². The van der Waals surface area contributed by atoms with Gasteiger partial charge in [-0.25, -0.2) is 31.0 Å². The molecule has 3 aromatic rings. The summed E-state index contributed by atoms with van der Waals surface area (Å²) in [5, 5.41) is 0.330. The molecule has 1 aliphatic heterocycles. The van der Waals surface area contributed by atoms with Gasteiger partial charge in [-0.3, -0.25) is 0 Å². The molecule has 2 aromatic carbocycles. The maximum Gasteiger partial charge on any atom is 0.243 e. The molecule has 0 amide bonds. The standard InChI is InChI=1S/C23H25F4N3O3S2/c1-3-29(4-2)35(31,32)15-7-8-20-19(10-15)28-23(30(20)12-14-6-5-9-33-14)34-13-16-21(26)17(24)11-18(25)22(16)27/h7-8,10-11,14H,3-6,9,12-13H2,1-2H3. The van der Waals surface area contributed by atoms with Gasteiger partial charge in [-0.1, -0.05) is 25.6 Å². The topological polar surface area (TPSA) is 64.4 Å². The van der Waals surface area contributed by atoms with Crippen molar-refractivity contribution in [3.05, 3.63) is 53.1 Å². The molecule has 0 saturated carbocycles. The number of ether oxygens (including phenoxy) is 1. The van der Waals surface area contributed by atoms with E-state index in [4.69, 9.17) is 4.74 Å². The third-order valence-electron chi connectivity index (χ3n) is 5.99. The first-order chi connectivity index (χ1) is 16.7. The molecule has 1 saturated heterocycles. The van der Waals surface area contributed by atoms with Gasteiger partial charge in [0.05, 0.1) is 28.6 Å². The van der Waals surface area contributed by atoms with Crippen molar-refractivity contribution in [2.75, 3.05) is 19.7 Å². The molecule has 35 heavy (non-hydrogen) atoms. The van der Waals surface area contributed by atoms with Crippen LogP contribution in [0.1, 0.15) is 32.3 Å². The summed E-state index contributed by atoms with van der Waals surface area (Å²) in [6, 6.07) is 4.77. The number of hydrogen-bond donors (Lipinski definition) is 0. The van der Waals surface area contributed by atoms with Crippen LogP contribution in [0.4, 0.5) is 17.6 Å². The SMILES string of the molecule is CCN(CC)S(=O)(=O)c1ccc2c(c1)nc(SCc1c(F)c(F)cc(F)c1F)n2CC1CCCO1. The van der Waals surface area contributed by atoms with Gasteiger partial charge in [0.1, 0.15) is 0 Å². The maximum absolute atomic E-state index is 14.2. The zero-order valence-electron chi connectivity index (χ0n) is 19.2. The quantitative estimate of drug-likeness (QED) is 0.219. The fourth-order valence-electron chi connectivity index (χ4n) is 4.13. The highest BCUT2D eigenvalue weighted by Crippen LogP contribution is 2.32. The predicted molar refractivity (Wildman–Crippen MR) is 125 cm³/mol. The van der Waals surface area contributed by atoms with Gasteiger partial charge in [0.2, 0.25) is 10.0 Å². The Morgan fingerprint density at radius 2 is 1.80 bits per heavy atom. The Morgan fingerprint density at radius 3 is 2.40 bits per heavy atom. The summed E-state index contributed by atoms with van der Waals surface area (Å²) in [7, 11) is -3.72. The summed E-state index contributed by atoms with van der Waals surface area (Å²) in [6.45, 7) is 5.13. The Hall–Kier alpha value is -2.15. The van der Waals surface area contributed by atoms with Gasteiger partial charge < -0.3 is 9.30 Å². The molecule has 0 radical (unpaired) electrons. The summed E-state index contributed by atoms with van der Waals surface area (Å²) < 4.78 is 90.5. The average molecular weight is 532 g/mol. The molecule has 1 unspecified atom stereocenters. The Balaban J connectivity index is 1.74. The van der Waals surface area contributed by atoms with E-state index in [0.717, 1.165) is 24.6 Å². The normalized spacial score (nSPS) is 16.6. The van der Waals surface area contributed by atoms with Gasteiger partial charge in [0.15, 0.2) is 28.4 Å². The fourth-order valence-corrected chi connectivity index (χ4v) is 6.62. The van der Waals surface area contributed by atoms with Gasteiger partial charge in [0, 0.05) is 37.1 Å². The van der Waals surface area contributed by atoms with E-state index in [1.54, 1.807) is 24.5 Å². The lowest BCUT2D eigenvalue weighted by Gasteiger charge is -2.18. The molecule has 6 nitrogen and oxygen atoms in total. The van der Waals surface area contributed by atoms with Crippen molar-refractivity contribution in [3.63, 3.8) is 0 Å². The van der Waals surface area contributed by atoms with Crippen LogP contribution in [-0.4, -0.2) is 48.1 Å². The van der Waals surface area contributed by atoms with Crippen LogP contribution in [0.5, 0.6) is 0 Å².